The first kappa shape index (κ1) is 27.4. The third kappa shape index (κ3) is 8.16. The van der Waals surface area contributed by atoms with Crippen molar-refractivity contribution in [3.8, 4) is 0 Å². The number of carbonyl (C=O) groups is 4. The molecule has 4 rings (SSSR count). The summed E-state index contributed by atoms with van der Waals surface area (Å²) in [6, 6.07) is 23.9. The van der Waals surface area contributed by atoms with Gasteiger partial charge in [0.05, 0.1) is 5.75 Å². The van der Waals surface area contributed by atoms with Gasteiger partial charge in [0.1, 0.15) is 5.70 Å². The second kappa shape index (κ2) is 13.2. The number of hydrogen-bond acceptors (Lipinski definition) is 6. The zero-order chi connectivity index (χ0) is 27.6. The quantitative estimate of drug-likeness (QED) is 0.162. The molecule has 4 amide bonds. The van der Waals surface area contributed by atoms with E-state index in [4.69, 9.17) is 5.73 Å². The molecule has 3 aromatic carbocycles. The summed E-state index contributed by atoms with van der Waals surface area (Å²) in [5.74, 6) is -1.52. The van der Waals surface area contributed by atoms with E-state index in [1.54, 1.807) is 72.8 Å². The van der Waals surface area contributed by atoms with Crippen LogP contribution in [0.1, 0.15) is 26.3 Å². The molecule has 0 unspecified atom stereocenters. The molecule has 0 aliphatic rings. The summed E-state index contributed by atoms with van der Waals surface area (Å²) in [5, 5.41) is 12.1. The van der Waals surface area contributed by atoms with Crippen LogP contribution in [0, 0.1) is 0 Å². The molecule has 4 aromatic rings. The van der Waals surface area contributed by atoms with Crippen molar-refractivity contribution in [1.82, 2.24) is 5.32 Å². The Kier molecular flexibility index (Phi) is 9.28. The minimum Gasteiger partial charge on any atom is -0.366 e. The van der Waals surface area contributed by atoms with Gasteiger partial charge in [0.15, 0.2) is 0 Å². The normalized spacial score (nSPS) is 10.9. The van der Waals surface area contributed by atoms with Crippen LogP contribution in [0.3, 0.4) is 0 Å². The summed E-state index contributed by atoms with van der Waals surface area (Å²) in [5.41, 5.74) is 7.97. The van der Waals surface area contributed by atoms with Crippen LogP contribution in [0.5, 0.6) is 0 Å². The fourth-order valence-electron chi connectivity index (χ4n) is 3.39. The molecule has 10 heteroatoms. The maximum absolute atomic E-state index is 13.2. The lowest BCUT2D eigenvalue weighted by Crippen LogP contribution is -2.30. The van der Waals surface area contributed by atoms with Crippen molar-refractivity contribution >= 4 is 64.2 Å². The zero-order valence-corrected chi connectivity index (χ0v) is 22.2. The van der Waals surface area contributed by atoms with Crippen LogP contribution in [0.2, 0.25) is 0 Å². The average Bonchev–Trinajstić information content (AvgIpc) is 3.46. The van der Waals surface area contributed by atoms with Crippen LogP contribution < -0.4 is 21.7 Å². The summed E-state index contributed by atoms with van der Waals surface area (Å²) < 4.78 is 0. The number of thiophene rings is 1. The maximum atomic E-state index is 13.2. The fraction of sp³-hybridized carbons (Fsp3) is 0.0345. The molecule has 0 atom stereocenters. The third-order valence-electron chi connectivity index (χ3n) is 5.30. The Balaban J connectivity index is 1.39. The van der Waals surface area contributed by atoms with Gasteiger partial charge in [0, 0.05) is 27.4 Å². The molecule has 0 radical (unpaired) electrons. The number of nitrogens with two attached hydrogens (primary N) is 1. The summed E-state index contributed by atoms with van der Waals surface area (Å²) in [6.45, 7) is 0. The Morgan fingerprint density at radius 1 is 0.821 bits per heavy atom. The summed E-state index contributed by atoms with van der Waals surface area (Å²) in [7, 11) is 0. The fourth-order valence-corrected chi connectivity index (χ4v) is 4.77. The third-order valence-corrected chi connectivity index (χ3v) is 6.99. The molecule has 5 N–H and O–H groups in total. The molecule has 0 bridgehead atoms. The van der Waals surface area contributed by atoms with Crippen LogP contribution in [0.4, 0.5) is 11.4 Å². The van der Waals surface area contributed by atoms with Crippen LogP contribution >= 0.6 is 23.1 Å². The van der Waals surface area contributed by atoms with Crippen LogP contribution in [0.15, 0.2) is 106 Å². The summed E-state index contributed by atoms with van der Waals surface area (Å²) >= 11 is 2.78. The first-order valence-corrected chi connectivity index (χ1v) is 13.6. The molecule has 0 saturated heterocycles. The zero-order valence-electron chi connectivity index (χ0n) is 20.5. The maximum Gasteiger partial charge on any atom is 0.272 e. The predicted octanol–water partition coefficient (Wildman–Crippen LogP) is 4.99. The van der Waals surface area contributed by atoms with Gasteiger partial charge in [-0.15, -0.1) is 11.8 Å². The number of thioether (sulfide) groups is 1. The number of primary amides is 1. The Bertz CT molecular complexity index is 1500. The molecule has 8 nitrogen and oxygen atoms in total. The molecule has 1 aromatic heterocycles. The van der Waals surface area contributed by atoms with E-state index in [0.29, 0.717) is 22.5 Å². The van der Waals surface area contributed by atoms with E-state index in [1.807, 2.05) is 29.0 Å². The smallest absolute Gasteiger partial charge is 0.272 e. The standard InChI is InChI=1S/C29H24N4O4S2/c30-27(35)20-9-11-22(12-10-20)31-26(34)18-39-24-8-4-7-23(16-24)32-29(37)25(15-19-13-14-38-17-19)33-28(36)21-5-2-1-3-6-21/h1-17H,18H2,(H2,30,35)(H,31,34)(H,32,37)(H,33,36)/b25-15-. The average molecular weight is 557 g/mol. The van der Waals surface area contributed by atoms with Crippen LogP contribution in [0.25, 0.3) is 6.08 Å². The number of nitrogens with one attached hydrogen (secondary N) is 3. The molecule has 0 spiro atoms. The Morgan fingerprint density at radius 2 is 1.59 bits per heavy atom. The van der Waals surface area contributed by atoms with Crippen LogP contribution in [-0.2, 0) is 9.59 Å². The van der Waals surface area contributed by atoms with Crippen molar-refractivity contribution in [3.05, 3.63) is 118 Å². The lowest BCUT2D eigenvalue weighted by atomic mass is 10.2. The lowest BCUT2D eigenvalue weighted by Gasteiger charge is -2.12. The van der Waals surface area contributed by atoms with E-state index in [1.165, 1.54) is 23.1 Å². The van der Waals surface area contributed by atoms with Gasteiger partial charge in [0.25, 0.3) is 11.8 Å². The molecule has 196 valence electrons. The summed E-state index contributed by atoms with van der Waals surface area (Å²) in [6.07, 6.45) is 1.62. The highest BCUT2D eigenvalue weighted by molar-refractivity contribution is 8.00. The second-order valence-electron chi connectivity index (χ2n) is 8.20. The molecule has 0 fully saturated rings. The Labute approximate surface area is 233 Å². The minimum atomic E-state index is -0.539. The van der Waals surface area contributed by atoms with Crippen molar-refractivity contribution in [2.75, 3.05) is 16.4 Å². The number of hydrogen-bond donors (Lipinski definition) is 4. The lowest BCUT2D eigenvalue weighted by molar-refractivity contribution is -0.114. The Morgan fingerprint density at radius 3 is 2.28 bits per heavy atom. The van der Waals surface area contributed by atoms with E-state index >= 15 is 0 Å². The van der Waals surface area contributed by atoms with Crippen molar-refractivity contribution in [3.63, 3.8) is 0 Å². The molecule has 39 heavy (non-hydrogen) atoms. The predicted molar refractivity (Wildman–Crippen MR) is 156 cm³/mol. The number of carbonyl (C=O) groups excluding carboxylic acids is 4. The number of rotatable bonds is 10. The van der Waals surface area contributed by atoms with Crippen molar-refractivity contribution < 1.29 is 19.2 Å². The number of amides is 4. The van der Waals surface area contributed by atoms with Gasteiger partial charge >= 0.3 is 0 Å². The first-order valence-electron chi connectivity index (χ1n) is 11.7. The van der Waals surface area contributed by atoms with E-state index < -0.39 is 17.7 Å². The van der Waals surface area contributed by atoms with Crippen molar-refractivity contribution in [1.29, 1.82) is 0 Å². The highest BCUT2D eigenvalue weighted by Crippen LogP contribution is 2.23. The Hall–Kier alpha value is -4.67. The van der Waals surface area contributed by atoms with E-state index in [0.717, 1.165) is 10.5 Å². The number of anilines is 2. The monoisotopic (exact) mass is 556 g/mol. The molecule has 0 aliphatic carbocycles. The number of benzene rings is 3. The first-order chi connectivity index (χ1) is 18.9. The van der Waals surface area contributed by atoms with E-state index in [-0.39, 0.29) is 17.4 Å². The highest BCUT2D eigenvalue weighted by atomic mass is 32.2. The van der Waals surface area contributed by atoms with Gasteiger partial charge in [-0.2, -0.15) is 11.3 Å². The van der Waals surface area contributed by atoms with Crippen LogP contribution in [-0.4, -0.2) is 29.4 Å². The van der Waals surface area contributed by atoms with Gasteiger partial charge < -0.3 is 21.7 Å². The van der Waals surface area contributed by atoms with Gasteiger partial charge in [-0.3, -0.25) is 19.2 Å². The van der Waals surface area contributed by atoms with E-state index in [9.17, 15) is 19.2 Å². The second-order valence-corrected chi connectivity index (χ2v) is 10.0. The molecule has 1 heterocycles. The minimum absolute atomic E-state index is 0.0991. The molecular formula is C29H24N4O4S2. The van der Waals surface area contributed by atoms with Gasteiger partial charge in [0.2, 0.25) is 11.8 Å². The largest absolute Gasteiger partial charge is 0.366 e. The molecular weight excluding hydrogens is 532 g/mol. The topological polar surface area (TPSA) is 130 Å². The van der Waals surface area contributed by atoms with Gasteiger partial charge in [-0.1, -0.05) is 24.3 Å². The van der Waals surface area contributed by atoms with E-state index in [2.05, 4.69) is 16.0 Å². The van der Waals surface area contributed by atoms with Crippen molar-refractivity contribution in [2.45, 2.75) is 4.90 Å². The molecule has 0 saturated carbocycles. The molecule has 0 aliphatic heterocycles. The van der Waals surface area contributed by atoms with Gasteiger partial charge in [-0.25, -0.2) is 0 Å². The van der Waals surface area contributed by atoms with Gasteiger partial charge in [-0.05, 0) is 83.1 Å². The SMILES string of the molecule is NC(=O)c1ccc(NC(=O)CSc2cccc(NC(=O)/C(=C/c3ccsc3)NC(=O)c3ccccc3)c2)cc1. The summed E-state index contributed by atoms with van der Waals surface area (Å²) in [4.78, 5) is 50.2. The highest BCUT2D eigenvalue weighted by Gasteiger charge is 2.15. The van der Waals surface area contributed by atoms with Crippen molar-refractivity contribution in [2.24, 2.45) is 5.73 Å².